The molecule has 0 unspecified atom stereocenters. The molecule has 0 amide bonds. The van der Waals surface area contributed by atoms with E-state index in [4.69, 9.17) is 9.15 Å². The highest BCUT2D eigenvalue weighted by atomic mass is 19.4. The molecule has 0 radical (unpaired) electrons. The Bertz CT molecular complexity index is 830. The van der Waals surface area contributed by atoms with Gasteiger partial charge in [0.25, 0.3) is 0 Å². The van der Waals surface area contributed by atoms with Crippen LogP contribution in [0.2, 0.25) is 0 Å². The molecule has 1 aromatic carbocycles. The van der Waals surface area contributed by atoms with E-state index in [9.17, 15) is 27.9 Å². The van der Waals surface area contributed by atoms with Gasteiger partial charge >= 0.3 is 12.1 Å². The van der Waals surface area contributed by atoms with Gasteiger partial charge in [-0.15, -0.1) is 0 Å². The molecule has 0 aliphatic rings. The predicted molar refractivity (Wildman–Crippen MR) is 88.8 cm³/mol. The third-order valence-corrected chi connectivity index (χ3v) is 3.59. The summed E-state index contributed by atoms with van der Waals surface area (Å²) in [7, 11) is 0. The number of esters is 1. The Labute approximate surface area is 152 Å². The third kappa shape index (κ3) is 6.14. The lowest BCUT2D eigenvalue weighted by Crippen LogP contribution is -2.30. The van der Waals surface area contributed by atoms with E-state index >= 15 is 0 Å². The van der Waals surface area contributed by atoms with Crippen LogP contribution in [0.5, 0.6) is 5.75 Å². The quantitative estimate of drug-likeness (QED) is 0.739. The van der Waals surface area contributed by atoms with Crippen molar-refractivity contribution in [3.05, 3.63) is 63.7 Å². The summed E-state index contributed by atoms with van der Waals surface area (Å²) >= 11 is 0. The van der Waals surface area contributed by atoms with Crippen molar-refractivity contribution in [2.24, 2.45) is 0 Å². The molecule has 6 nitrogen and oxygen atoms in total. The average molecular weight is 385 g/mol. The van der Waals surface area contributed by atoms with Crippen LogP contribution in [0.4, 0.5) is 13.2 Å². The molecule has 1 heterocycles. The van der Waals surface area contributed by atoms with Gasteiger partial charge in [-0.1, -0.05) is 12.1 Å². The predicted octanol–water partition coefficient (Wildman–Crippen LogP) is 2.93. The van der Waals surface area contributed by atoms with Crippen molar-refractivity contribution in [1.29, 1.82) is 0 Å². The van der Waals surface area contributed by atoms with Crippen LogP contribution >= 0.6 is 0 Å². The molecular weight excluding hydrogens is 367 g/mol. The van der Waals surface area contributed by atoms with Crippen LogP contribution in [0, 0.1) is 0 Å². The van der Waals surface area contributed by atoms with E-state index in [2.05, 4.69) is 0 Å². The van der Waals surface area contributed by atoms with Crippen LogP contribution < -0.4 is 5.43 Å². The second-order valence-electron chi connectivity index (χ2n) is 5.74. The molecule has 0 bridgehead atoms. The van der Waals surface area contributed by atoms with Crippen molar-refractivity contribution < 1.29 is 32.2 Å². The number of nitrogens with zero attached hydrogens (tertiary/aromatic N) is 1. The Hall–Kier alpha value is -2.81. The topological polar surface area (TPSA) is 80.0 Å². The zero-order valence-electron chi connectivity index (χ0n) is 14.5. The van der Waals surface area contributed by atoms with E-state index in [-0.39, 0.29) is 32.0 Å². The number of ether oxygens (including phenoxy) is 1. The van der Waals surface area contributed by atoms with E-state index < -0.39 is 28.9 Å². The number of hydrogen-bond donors (Lipinski definition) is 1. The van der Waals surface area contributed by atoms with Crippen molar-refractivity contribution in [1.82, 2.24) is 4.90 Å². The Morgan fingerprint density at radius 3 is 2.44 bits per heavy atom. The summed E-state index contributed by atoms with van der Waals surface area (Å²) in [5.74, 6) is -0.877. The second-order valence-corrected chi connectivity index (χ2v) is 5.74. The summed E-state index contributed by atoms with van der Waals surface area (Å²) in [5.41, 5.74) is -0.872. The molecule has 0 aliphatic heterocycles. The molecule has 2 aromatic rings. The molecule has 0 aliphatic carbocycles. The Morgan fingerprint density at radius 1 is 1.22 bits per heavy atom. The highest BCUT2D eigenvalue weighted by Crippen LogP contribution is 2.29. The molecule has 0 saturated heterocycles. The summed E-state index contributed by atoms with van der Waals surface area (Å²) in [6.45, 7) is 1.83. The molecule has 0 fully saturated rings. The van der Waals surface area contributed by atoms with Gasteiger partial charge in [-0.05, 0) is 24.6 Å². The summed E-state index contributed by atoms with van der Waals surface area (Å²) in [4.78, 5) is 24.9. The molecule has 9 heteroatoms. The largest absolute Gasteiger partial charge is 0.502 e. The van der Waals surface area contributed by atoms with Gasteiger partial charge in [0.1, 0.15) is 12.0 Å². The SMILES string of the molecule is CCOC(=O)CN(Cc1ccc(C(F)(F)F)cc1)Cc1cc(=O)c(O)co1. The summed E-state index contributed by atoms with van der Waals surface area (Å²) in [6.07, 6.45) is -3.54. The van der Waals surface area contributed by atoms with Crippen LogP contribution in [0.3, 0.4) is 0 Å². The fourth-order valence-corrected chi connectivity index (χ4v) is 2.36. The van der Waals surface area contributed by atoms with E-state index in [1.807, 2.05) is 0 Å². The summed E-state index contributed by atoms with van der Waals surface area (Å²) in [6, 6.07) is 5.62. The molecular formula is C18H18F3NO5. The molecule has 0 spiro atoms. The highest BCUT2D eigenvalue weighted by molar-refractivity contribution is 5.71. The number of aromatic hydroxyl groups is 1. The zero-order chi connectivity index (χ0) is 20.0. The van der Waals surface area contributed by atoms with Gasteiger partial charge in [-0.25, -0.2) is 0 Å². The van der Waals surface area contributed by atoms with Crippen LogP contribution in [-0.2, 0) is 28.8 Å². The smallest absolute Gasteiger partial charge is 0.416 e. The number of halogens is 3. The lowest BCUT2D eigenvalue weighted by atomic mass is 10.1. The maximum atomic E-state index is 12.7. The van der Waals surface area contributed by atoms with Crippen molar-refractivity contribution in [3.8, 4) is 5.75 Å². The van der Waals surface area contributed by atoms with Gasteiger partial charge in [0, 0.05) is 12.6 Å². The first-order valence-electron chi connectivity index (χ1n) is 8.04. The normalized spacial score (nSPS) is 11.6. The minimum absolute atomic E-state index is 0.0232. The molecule has 2 rings (SSSR count). The molecule has 1 N–H and O–H groups in total. The first-order valence-corrected chi connectivity index (χ1v) is 8.04. The maximum Gasteiger partial charge on any atom is 0.416 e. The molecule has 0 saturated carbocycles. The summed E-state index contributed by atoms with van der Waals surface area (Å²) < 4.78 is 48.0. The van der Waals surface area contributed by atoms with Crippen molar-refractivity contribution in [2.45, 2.75) is 26.2 Å². The van der Waals surface area contributed by atoms with E-state index in [1.54, 1.807) is 11.8 Å². The minimum Gasteiger partial charge on any atom is -0.502 e. The van der Waals surface area contributed by atoms with Gasteiger partial charge in [0.15, 0.2) is 5.75 Å². The Morgan fingerprint density at radius 2 is 1.89 bits per heavy atom. The summed E-state index contributed by atoms with van der Waals surface area (Å²) in [5, 5.41) is 9.23. The number of carbonyl (C=O) groups is 1. The monoisotopic (exact) mass is 385 g/mol. The molecule has 146 valence electrons. The number of carbonyl (C=O) groups excluding carboxylic acids is 1. The van der Waals surface area contributed by atoms with Gasteiger partial charge in [0.05, 0.1) is 25.3 Å². The fraction of sp³-hybridized carbons (Fsp3) is 0.333. The fourth-order valence-electron chi connectivity index (χ4n) is 2.36. The van der Waals surface area contributed by atoms with E-state index in [0.29, 0.717) is 5.56 Å². The lowest BCUT2D eigenvalue weighted by Gasteiger charge is -2.21. The van der Waals surface area contributed by atoms with Crippen LogP contribution in [0.25, 0.3) is 0 Å². The number of rotatable bonds is 7. The number of hydrogen-bond acceptors (Lipinski definition) is 6. The highest BCUT2D eigenvalue weighted by Gasteiger charge is 2.30. The van der Waals surface area contributed by atoms with Crippen LogP contribution in [-0.4, -0.2) is 29.1 Å². The second kappa shape index (κ2) is 8.72. The zero-order valence-corrected chi connectivity index (χ0v) is 14.5. The average Bonchev–Trinajstić information content (AvgIpc) is 2.58. The molecule has 0 atom stereocenters. The van der Waals surface area contributed by atoms with Gasteiger partial charge < -0.3 is 14.3 Å². The standard InChI is InChI=1S/C18H18F3NO5/c1-2-26-17(25)10-22(9-14-7-15(23)16(24)11-27-14)8-12-3-5-13(6-4-12)18(19,20)21/h3-7,11,24H,2,8-10H2,1H3. The van der Waals surface area contributed by atoms with Gasteiger partial charge in [-0.3, -0.25) is 14.5 Å². The lowest BCUT2D eigenvalue weighted by molar-refractivity contribution is -0.144. The maximum absolute atomic E-state index is 12.7. The van der Waals surface area contributed by atoms with E-state index in [1.165, 1.54) is 12.1 Å². The first kappa shape index (κ1) is 20.5. The Kier molecular flexibility index (Phi) is 6.62. The van der Waals surface area contributed by atoms with Gasteiger partial charge in [0.2, 0.25) is 5.43 Å². The number of alkyl halides is 3. The molecule has 27 heavy (non-hydrogen) atoms. The Balaban J connectivity index is 2.17. The van der Waals surface area contributed by atoms with E-state index in [0.717, 1.165) is 24.5 Å². The van der Waals surface area contributed by atoms with Crippen LogP contribution in [0.1, 0.15) is 23.8 Å². The van der Waals surface area contributed by atoms with Gasteiger partial charge in [-0.2, -0.15) is 13.2 Å². The van der Waals surface area contributed by atoms with Crippen molar-refractivity contribution in [2.75, 3.05) is 13.2 Å². The minimum atomic E-state index is -4.43. The van der Waals surface area contributed by atoms with Crippen molar-refractivity contribution >= 4 is 5.97 Å². The molecule has 1 aromatic heterocycles. The first-order chi connectivity index (χ1) is 12.7. The van der Waals surface area contributed by atoms with Crippen molar-refractivity contribution in [3.63, 3.8) is 0 Å². The number of benzene rings is 1. The van der Waals surface area contributed by atoms with Crippen LogP contribution in [0.15, 0.2) is 45.8 Å². The third-order valence-electron chi connectivity index (χ3n) is 3.59.